The van der Waals surface area contributed by atoms with Crippen molar-refractivity contribution in [1.29, 1.82) is 0 Å². The molecule has 0 saturated heterocycles. The van der Waals surface area contributed by atoms with E-state index in [1.54, 1.807) is 0 Å². The fourth-order valence-corrected chi connectivity index (χ4v) is 1.45. The van der Waals surface area contributed by atoms with E-state index in [0.717, 1.165) is 19.1 Å². The fourth-order valence-electron chi connectivity index (χ4n) is 1.45. The van der Waals surface area contributed by atoms with Crippen LogP contribution in [0.1, 0.15) is 51.9 Å². The van der Waals surface area contributed by atoms with E-state index in [1.807, 2.05) is 0 Å². The average Bonchev–Trinajstić information content (AvgIpc) is 2.27. The number of hydrogen-bond donors (Lipinski definition) is 1. The predicted molar refractivity (Wildman–Crippen MR) is 60.7 cm³/mol. The molecule has 0 rings (SSSR count). The van der Waals surface area contributed by atoms with Crippen LogP contribution in [0.4, 0.5) is 0 Å². The number of methoxy groups -OCH3 is 1. The largest absolute Gasteiger partial charge is 0.515 e. The number of ether oxygens (including phenoxy) is 1. The van der Waals surface area contributed by atoms with Crippen molar-refractivity contribution in [2.45, 2.75) is 51.9 Å². The first-order chi connectivity index (χ1) is 7.26. The van der Waals surface area contributed by atoms with Gasteiger partial charge < -0.3 is 9.84 Å². The first-order valence-electron chi connectivity index (χ1n) is 5.67. The van der Waals surface area contributed by atoms with Gasteiger partial charge >= 0.3 is 5.97 Å². The van der Waals surface area contributed by atoms with E-state index in [0.29, 0.717) is 12.0 Å². The molecule has 3 nitrogen and oxygen atoms in total. The second-order valence-electron chi connectivity index (χ2n) is 3.66. The van der Waals surface area contributed by atoms with Crippen LogP contribution in [0.15, 0.2) is 11.8 Å². The van der Waals surface area contributed by atoms with E-state index in [9.17, 15) is 4.79 Å². The summed E-state index contributed by atoms with van der Waals surface area (Å²) >= 11 is 0. The summed E-state index contributed by atoms with van der Waals surface area (Å²) in [7, 11) is 1.33. The van der Waals surface area contributed by atoms with Crippen LogP contribution in [-0.2, 0) is 9.53 Å². The minimum Gasteiger partial charge on any atom is -0.515 e. The number of esters is 1. The molecular weight excluding hydrogens is 192 g/mol. The molecule has 0 unspecified atom stereocenters. The number of hydrogen-bond acceptors (Lipinski definition) is 3. The van der Waals surface area contributed by atoms with Gasteiger partial charge in [0.05, 0.1) is 18.9 Å². The summed E-state index contributed by atoms with van der Waals surface area (Å²) < 4.78 is 4.53. The van der Waals surface area contributed by atoms with Crippen LogP contribution in [0.25, 0.3) is 0 Å². The van der Waals surface area contributed by atoms with Crippen molar-refractivity contribution < 1.29 is 14.6 Å². The van der Waals surface area contributed by atoms with E-state index in [1.165, 1.54) is 32.8 Å². The third-order valence-electron chi connectivity index (χ3n) is 2.40. The Hall–Kier alpha value is -0.990. The van der Waals surface area contributed by atoms with Crippen molar-refractivity contribution in [1.82, 2.24) is 0 Å². The molecule has 0 aromatic carbocycles. The lowest BCUT2D eigenvalue weighted by molar-refractivity contribution is -0.136. The SMILES string of the molecule is CCCCCCCC/C(=C/O)C(=O)OC. The highest BCUT2D eigenvalue weighted by Gasteiger charge is 2.08. The van der Waals surface area contributed by atoms with Crippen LogP contribution in [0, 0.1) is 0 Å². The zero-order chi connectivity index (χ0) is 11.5. The highest BCUT2D eigenvalue weighted by Crippen LogP contribution is 2.12. The molecule has 3 heteroatoms. The second kappa shape index (κ2) is 9.56. The van der Waals surface area contributed by atoms with Gasteiger partial charge in [0.2, 0.25) is 0 Å². The van der Waals surface area contributed by atoms with Crippen molar-refractivity contribution >= 4 is 5.97 Å². The topological polar surface area (TPSA) is 46.5 Å². The molecule has 15 heavy (non-hydrogen) atoms. The zero-order valence-electron chi connectivity index (χ0n) is 9.79. The van der Waals surface area contributed by atoms with Gasteiger partial charge in [-0.05, 0) is 12.8 Å². The van der Waals surface area contributed by atoms with Crippen LogP contribution in [0.2, 0.25) is 0 Å². The van der Waals surface area contributed by atoms with Crippen molar-refractivity contribution in [3.05, 3.63) is 11.8 Å². The predicted octanol–water partition coefficient (Wildman–Crippen LogP) is 3.35. The Morgan fingerprint density at radius 3 is 2.33 bits per heavy atom. The second-order valence-corrected chi connectivity index (χ2v) is 3.66. The van der Waals surface area contributed by atoms with Crippen LogP contribution < -0.4 is 0 Å². The molecule has 0 bridgehead atoms. The number of unbranched alkanes of at least 4 members (excludes halogenated alkanes) is 5. The summed E-state index contributed by atoms with van der Waals surface area (Å²) in [4.78, 5) is 11.1. The molecule has 0 radical (unpaired) electrons. The Morgan fingerprint density at radius 2 is 1.80 bits per heavy atom. The molecule has 0 fully saturated rings. The Kier molecular flexibility index (Phi) is 8.93. The third kappa shape index (κ3) is 7.00. The minimum absolute atomic E-state index is 0.369. The molecular formula is C12H22O3. The number of carbonyl (C=O) groups is 1. The van der Waals surface area contributed by atoms with Crippen molar-refractivity contribution in [3.8, 4) is 0 Å². The molecule has 0 aliphatic rings. The summed E-state index contributed by atoms with van der Waals surface area (Å²) in [6, 6.07) is 0. The molecule has 88 valence electrons. The maximum atomic E-state index is 11.1. The van der Waals surface area contributed by atoms with Gasteiger partial charge in [0.1, 0.15) is 0 Å². The van der Waals surface area contributed by atoms with Gasteiger partial charge in [-0.2, -0.15) is 0 Å². The number of carbonyl (C=O) groups excluding carboxylic acids is 1. The summed E-state index contributed by atoms with van der Waals surface area (Å²) in [5.74, 6) is -0.425. The molecule has 0 atom stereocenters. The molecule has 0 aromatic rings. The highest BCUT2D eigenvalue weighted by atomic mass is 16.5. The molecule has 0 spiro atoms. The minimum atomic E-state index is -0.425. The van der Waals surface area contributed by atoms with Crippen molar-refractivity contribution in [2.75, 3.05) is 7.11 Å². The van der Waals surface area contributed by atoms with E-state index < -0.39 is 5.97 Å². The van der Waals surface area contributed by atoms with E-state index in [2.05, 4.69) is 11.7 Å². The quantitative estimate of drug-likeness (QED) is 0.292. The summed E-state index contributed by atoms with van der Waals surface area (Å²) in [5.41, 5.74) is 0.369. The molecule has 0 amide bonds. The lowest BCUT2D eigenvalue weighted by Gasteiger charge is -2.03. The normalized spacial score (nSPS) is 11.5. The van der Waals surface area contributed by atoms with Crippen LogP contribution in [0.3, 0.4) is 0 Å². The number of aliphatic hydroxyl groups is 1. The first kappa shape index (κ1) is 14.0. The van der Waals surface area contributed by atoms with Gasteiger partial charge in [0, 0.05) is 0 Å². The Labute approximate surface area is 92.1 Å². The number of rotatable bonds is 8. The lowest BCUT2D eigenvalue weighted by atomic mass is 10.1. The Bertz CT molecular complexity index is 197. The molecule has 0 aromatic heterocycles. The van der Waals surface area contributed by atoms with Gasteiger partial charge in [-0.1, -0.05) is 39.0 Å². The van der Waals surface area contributed by atoms with Crippen LogP contribution >= 0.6 is 0 Å². The summed E-state index contributed by atoms with van der Waals surface area (Å²) in [5, 5.41) is 8.81. The Balaban J connectivity index is 3.52. The van der Waals surface area contributed by atoms with E-state index in [-0.39, 0.29) is 0 Å². The van der Waals surface area contributed by atoms with Gasteiger partial charge in [0.15, 0.2) is 0 Å². The first-order valence-corrected chi connectivity index (χ1v) is 5.67. The van der Waals surface area contributed by atoms with Crippen LogP contribution in [-0.4, -0.2) is 18.2 Å². The van der Waals surface area contributed by atoms with E-state index in [4.69, 9.17) is 5.11 Å². The molecule has 0 heterocycles. The van der Waals surface area contributed by atoms with Gasteiger partial charge in [-0.25, -0.2) is 4.79 Å². The highest BCUT2D eigenvalue weighted by molar-refractivity contribution is 5.87. The van der Waals surface area contributed by atoms with Gasteiger partial charge in [-0.3, -0.25) is 0 Å². The van der Waals surface area contributed by atoms with Gasteiger partial charge in [0.25, 0.3) is 0 Å². The number of aliphatic hydroxyl groups excluding tert-OH is 1. The standard InChI is InChI=1S/C12H22O3/c1-3-4-5-6-7-8-9-11(10-13)12(14)15-2/h10,13H,3-9H2,1-2H3/b11-10-. The summed E-state index contributed by atoms with van der Waals surface area (Å²) in [6.07, 6.45) is 8.48. The van der Waals surface area contributed by atoms with Gasteiger partial charge in [-0.15, -0.1) is 0 Å². The molecule has 0 aliphatic carbocycles. The zero-order valence-corrected chi connectivity index (χ0v) is 9.79. The maximum Gasteiger partial charge on any atom is 0.336 e. The monoisotopic (exact) mass is 214 g/mol. The van der Waals surface area contributed by atoms with E-state index >= 15 is 0 Å². The van der Waals surface area contributed by atoms with Crippen molar-refractivity contribution in [3.63, 3.8) is 0 Å². The molecule has 1 N–H and O–H groups in total. The third-order valence-corrected chi connectivity index (χ3v) is 2.40. The lowest BCUT2D eigenvalue weighted by Crippen LogP contribution is -2.04. The summed E-state index contributed by atoms with van der Waals surface area (Å²) in [6.45, 7) is 2.18. The Morgan fingerprint density at radius 1 is 1.20 bits per heavy atom. The average molecular weight is 214 g/mol. The smallest absolute Gasteiger partial charge is 0.336 e. The molecule has 0 saturated carbocycles. The fraction of sp³-hybridized carbons (Fsp3) is 0.750. The molecule has 0 aliphatic heterocycles. The van der Waals surface area contributed by atoms with Crippen LogP contribution in [0.5, 0.6) is 0 Å². The maximum absolute atomic E-state index is 11.1. The van der Waals surface area contributed by atoms with Crippen molar-refractivity contribution in [2.24, 2.45) is 0 Å².